The third-order valence-corrected chi connectivity index (χ3v) is 4.80. The zero-order valence-electron chi connectivity index (χ0n) is 11.2. The Morgan fingerprint density at radius 1 is 1.16 bits per heavy atom. The van der Waals surface area contributed by atoms with Crippen LogP contribution in [0.25, 0.3) is 0 Å². The minimum absolute atomic E-state index is 0.186. The monoisotopic (exact) mass is 286 g/mol. The van der Waals surface area contributed by atoms with E-state index >= 15 is 0 Å². The molecule has 1 heterocycles. The molecule has 19 heavy (non-hydrogen) atoms. The summed E-state index contributed by atoms with van der Waals surface area (Å²) in [6, 6.07) is 0. The van der Waals surface area contributed by atoms with Crippen LogP contribution in [-0.2, 0) is 9.59 Å². The molecule has 1 saturated carbocycles. The van der Waals surface area contributed by atoms with Gasteiger partial charge in [-0.25, -0.2) is 0 Å². The molecular formula is C13H22N2O3S. The standard InChI is InChI=1S/C13H22N2O3S/c16-12(10-19-9-11-1-2-11)15-7-5-14(6-8-15)4-3-13(17)18/h11H,1-10H2,(H,17,18). The molecule has 1 amide bonds. The summed E-state index contributed by atoms with van der Waals surface area (Å²) in [5, 5.41) is 8.64. The fourth-order valence-electron chi connectivity index (χ4n) is 2.16. The fraction of sp³-hybridized carbons (Fsp3) is 0.846. The number of hydrogen-bond acceptors (Lipinski definition) is 4. The van der Waals surface area contributed by atoms with Crippen molar-refractivity contribution < 1.29 is 14.7 Å². The number of rotatable bonds is 7. The van der Waals surface area contributed by atoms with Gasteiger partial charge < -0.3 is 10.0 Å². The first kappa shape index (κ1) is 14.7. The lowest BCUT2D eigenvalue weighted by Crippen LogP contribution is -2.49. The molecule has 2 aliphatic rings. The molecule has 1 aliphatic carbocycles. The van der Waals surface area contributed by atoms with Gasteiger partial charge in [-0.1, -0.05) is 0 Å². The van der Waals surface area contributed by atoms with Crippen LogP contribution < -0.4 is 0 Å². The van der Waals surface area contributed by atoms with Crippen LogP contribution in [0.1, 0.15) is 19.3 Å². The van der Waals surface area contributed by atoms with Gasteiger partial charge in [-0.15, -0.1) is 0 Å². The number of hydrogen-bond donors (Lipinski definition) is 1. The predicted octanol–water partition coefficient (Wildman–Crippen LogP) is 0.748. The largest absolute Gasteiger partial charge is 0.481 e. The van der Waals surface area contributed by atoms with Crippen molar-refractivity contribution in [2.45, 2.75) is 19.3 Å². The summed E-state index contributed by atoms with van der Waals surface area (Å²) in [5.74, 6) is 2.08. The third kappa shape index (κ3) is 5.40. The Bertz CT molecular complexity index is 326. The second-order valence-corrected chi connectivity index (χ2v) is 6.35. The van der Waals surface area contributed by atoms with E-state index in [1.165, 1.54) is 12.8 Å². The van der Waals surface area contributed by atoms with Crippen molar-refractivity contribution in [1.29, 1.82) is 0 Å². The van der Waals surface area contributed by atoms with Gasteiger partial charge in [-0.05, 0) is 24.5 Å². The lowest BCUT2D eigenvalue weighted by Gasteiger charge is -2.34. The van der Waals surface area contributed by atoms with Crippen molar-refractivity contribution in [2.75, 3.05) is 44.2 Å². The lowest BCUT2D eigenvalue weighted by atomic mass is 10.3. The van der Waals surface area contributed by atoms with Gasteiger partial charge in [0.05, 0.1) is 12.2 Å². The Morgan fingerprint density at radius 2 is 1.84 bits per heavy atom. The average molecular weight is 286 g/mol. The number of piperazine rings is 1. The molecule has 6 heteroatoms. The van der Waals surface area contributed by atoms with Crippen LogP contribution in [0.3, 0.4) is 0 Å². The summed E-state index contributed by atoms with van der Waals surface area (Å²) in [4.78, 5) is 26.5. The molecule has 0 bridgehead atoms. The molecule has 1 N–H and O–H groups in total. The molecule has 0 aromatic heterocycles. The van der Waals surface area contributed by atoms with E-state index < -0.39 is 5.97 Å². The minimum atomic E-state index is -0.755. The average Bonchev–Trinajstić information content (AvgIpc) is 3.21. The molecule has 0 aromatic rings. The van der Waals surface area contributed by atoms with Gasteiger partial charge in [0.25, 0.3) is 0 Å². The highest BCUT2D eigenvalue weighted by Gasteiger charge is 2.24. The van der Waals surface area contributed by atoms with Crippen molar-refractivity contribution in [3.63, 3.8) is 0 Å². The zero-order valence-corrected chi connectivity index (χ0v) is 12.0. The maximum atomic E-state index is 12.0. The van der Waals surface area contributed by atoms with E-state index in [9.17, 15) is 9.59 Å². The van der Waals surface area contributed by atoms with Crippen LogP contribution in [-0.4, -0.2) is 71.0 Å². The normalized spacial score (nSPS) is 20.5. The number of thioether (sulfide) groups is 1. The summed E-state index contributed by atoms with van der Waals surface area (Å²) < 4.78 is 0. The van der Waals surface area contributed by atoms with Crippen molar-refractivity contribution in [3.05, 3.63) is 0 Å². The van der Waals surface area contributed by atoms with E-state index in [-0.39, 0.29) is 12.3 Å². The molecule has 0 atom stereocenters. The van der Waals surface area contributed by atoms with E-state index in [1.54, 1.807) is 11.8 Å². The molecule has 2 fully saturated rings. The number of carboxylic acids is 1. The Balaban J connectivity index is 1.58. The number of carbonyl (C=O) groups excluding carboxylic acids is 1. The van der Waals surface area contributed by atoms with Gasteiger partial charge in [0.1, 0.15) is 0 Å². The maximum absolute atomic E-state index is 12.0. The van der Waals surface area contributed by atoms with E-state index in [4.69, 9.17) is 5.11 Å². The number of aliphatic carboxylic acids is 1. The second kappa shape index (κ2) is 7.14. The molecule has 5 nitrogen and oxygen atoms in total. The molecule has 1 saturated heterocycles. The van der Waals surface area contributed by atoms with Crippen LogP contribution in [0.5, 0.6) is 0 Å². The van der Waals surface area contributed by atoms with Crippen LogP contribution in [0.15, 0.2) is 0 Å². The van der Waals surface area contributed by atoms with Crippen LogP contribution >= 0.6 is 11.8 Å². The SMILES string of the molecule is O=C(O)CCN1CCN(C(=O)CSCC2CC2)CC1. The van der Waals surface area contributed by atoms with Gasteiger partial charge in [0.2, 0.25) is 5.91 Å². The molecular weight excluding hydrogens is 264 g/mol. The van der Waals surface area contributed by atoms with Crippen molar-refractivity contribution in [1.82, 2.24) is 9.80 Å². The first-order valence-electron chi connectivity index (χ1n) is 6.95. The first-order chi connectivity index (χ1) is 9.15. The van der Waals surface area contributed by atoms with E-state index in [1.807, 2.05) is 4.90 Å². The van der Waals surface area contributed by atoms with Crippen LogP contribution in [0, 0.1) is 5.92 Å². The lowest BCUT2D eigenvalue weighted by molar-refractivity contribution is -0.138. The van der Waals surface area contributed by atoms with E-state index in [2.05, 4.69) is 4.90 Å². The first-order valence-corrected chi connectivity index (χ1v) is 8.10. The van der Waals surface area contributed by atoms with E-state index in [0.29, 0.717) is 12.3 Å². The summed E-state index contributed by atoms with van der Waals surface area (Å²) in [7, 11) is 0. The van der Waals surface area contributed by atoms with Gasteiger partial charge >= 0.3 is 5.97 Å². The molecule has 2 rings (SSSR count). The van der Waals surface area contributed by atoms with E-state index in [0.717, 1.165) is 37.8 Å². The highest BCUT2D eigenvalue weighted by atomic mass is 32.2. The molecule has 0 radical (unpaired) electrons. The maximum Gasteiger partial charge on any atom is 0.304 e. The summed E-state index contributed by atoms with van der Waals surface area (Å²) in [5.41, 5.74) is 0. The van der Waals surface area contributed by atoms with Gasteiger partial charge in [-0.3, -0.25) is 14.5 Å². The molecule has 1 aliphatic heterocycles. The topological polar surface area (TPSA) is 60.9 Å². The summed E-state index contributed by atoms with van der Waals surface area (Å²) in [6.45, 7) is 3.66. The highest BCUT2D eigenvalue weighted by molar-refractivity contribution is 7.99. The second-order valence-electron chi connectivity index (χ2n) is 5.32. The Hall–Kier alpha value is -0.750. The Kier molecular flexibility index (Phi) is 5.51. The molecule has 108 valence electrons. The van der Waals surface area contributed by atoms with Crippen molar-refractivity contribution in [3.8, 4) is 0 Å². The summed E-state index contributed by atoms with van der Waals surface area (Å²) >= 11 is 1.76. The smallest absolute Gasteiger partial charge is 0.304 e. The van der Waals surface area contributed by atoms with Crippen molar-refractivity contribution in [2.24, 2.45) is 5.92 Å². The van der Waals surface area contributed by atoms with Gasteiger partial charge in [0, 0.05) is 32.7 Å². The zero-order chi connectivity index (χ0) is 13.7. The number of carboxylic acid groups (broad SMARTS) is 1. The molecule has 0 unspecified atom stereocenters. The molecule has 0 aromatic carbocycles. The van der Waals surface area contributed by atoms with Gasteiger partial charge in [-0.2, -0.15) is 11.8 Å². The Labute approximate surface area is 118 Å². The number of amides is 1. The predicted molar refractivity (Wildman–Crippen MR) is 75.3 cm³/mol. The van der Waals surface area contributed by atoms with Crippen LogP contribution in [0.2, 0.25) is 0 Å². The van der Waals surface area contributed by atoms with Gasteiger partial charge in [0.15, 0.2) is 0 Å². The quantitative estimate of drug-likeness (QED) is 0.748. The fourth-order valence-corrected chi connectivity index (χ4v) is 3.31. The molecule has 0 spiro atoms. The number of carbonyl (C=O) groups is 2. The minimum Gasteiger partial charge on any atom is -0.481 e. The van der Waals surface area contributed by atoms with Crippen molar-refractivity contribution >= 4 is 23.6 Å². The van der Waals surface area contributed by atoms with Crippen LogP contribution in [0.4, 0.5) is 0 Å². The third-order valence-electron chi connectivity index (χ3n) is 3.64. The number of nitrogens with zero attached hydrogens (tertiary/aromatic N) is 2. The Morgan fingerprint density at radius 3 is 2.42 bits per heavy atom. The highest BCUT2D eigenvalue weighted by Crippen LogP contribution is 2.32. The summed E-state index contributed by atoms with van der Waals surface area (Å²) in [6.07, 6.45) is 2.86.